The number of nitrogens with one attached hydrogen (secondary N) is 1. The van der Waals surface area contributed by atoms with Crippen molar-refractivity contribution in [2.75, 3.05) is 38.4 Å². The molecule has 1 aliphatic rings. The van der Waals surface area contributed by atoms with E-state index in [1.54, 1.807) is 11.8 Å². The summed E-state index contributed by atoms with van der Waals surface area (Å²) in [6.45, 7) is -1.67. The Labute approximate surface area is 188 Å². The van der Waals surface area contributed by atoms with Crippen LogP contribution < -0.4 is 5.32 Å². The lowest BCUT2D eigenvalue weighted by Gasteiger charge is -2.42. The number of carbonyl (C=O) groups is 1. The zero-order valence-electron chi connectivity index (χ0n) is 17.4. The molecule has 0 spiro atoms. The Balaban J connectivity index is 2.71. The average Bonchev–Trinajstić information content (AvgIpc) is 2.79. The van der Waals surface area contributed by atoms with E-state index in [9.17, 15) is 45.6 Å². The van der Waals surface area contributed by atoms with Gasteiger partial charge in [0, 0.05) is 12.3 Å². The van der Waals surface area contributed by atoms with Crippen molar-refractivity contribution in [2.45, 2.75) is 55.1 Å². The molecule has 1 amide bonds. The van der Waals surface area contributed by atoms with E-state index >= 15 is 0 Å². The predicted octanol–water partition coefficient (Wildman–Crippen LogP) is -5.27. The van der Waals surface area contributed by atoms with Crippen LogP contribution in [0.25, 0.3) is 0 Å². The number of hydrogen-bond acceptors (Lipinski definition) is 14. The first-order chi connectivity index (χ1) is 15.2. The standard InChI is InChI=1S/C17H32N2O12S/c1-32-3-2-18-11(24)7-29-19-4-8(22)12(25)16(9(23)5-20)31-17-15(28)14(27)13(26)10(6-21)30-17/h4,8-10,12-17,20-23,25-28H,2-3,5-7H2,1H3,(H,18,24)/t8?,9?,10?,12-,13-,14+,15?,16-,17-/m1/s1. The Morgan fingerprint density at radius 2 is 1.88 bits per heavy atom. The molecule has 1 heterocycles. The van der Waals surface area contributed by atoms with Crippen LogP contribution in [0.5, 0.6) is 0 Å². The van der Waals surface area contributed by atoms with Gasteiger partial charge in [-0.1, -0.05) is 5.16 Å². The second kappa shape index (κ2) is 14.9. The maximum atomic E-state index is 11.5. The number of amides is 1. The van der Waals surface area contributed by atoms with Crippen LogP contribution >= 0.6 is 11.8 Å². The van der Waals surface area contributed by atoms with E-state index < -0.39 is 80.8 Å². The van der Waals surface area contributed by atoms with E-state index in [-0.39, 0.29) is 0 Å². The molecule has 0 aromatic rings. The van der Waals surface area contributed by atoms with E-state index in [1.807, 2.05) is 6.26 Å². The van der Waals surface area contributed by atoms with Crippen LogP contribution in [0.1, 0.15) is 0 Å². The smallest absolute Gasteiger partial charge is 0.260 e. The fraction of sp³-hybridized carbons (Fsp3) is 0.882. The highest BCUT2D eigenvalue weighted by Gasteiger charge is 2.46. The number of aliphatic hydroxyl groups excluding tert-OH is 8. The van der Waals surface area contributed by atoms with Gasteiger partial charge in [0.05, 0.1) is 19.4 Å². The summed E-state index contributed by atoms with van der Waals surface area (Å²) in [5, 5.41) is 84.3. The van der Waals surface area contributed by atoms with Crippen molar-refractivity contribution in [3.8, 4) is 0 Å². The molecule has 1 fully saturated rings. The molecule has 0 aromatic carbocycles. The summed E-state index contributed by atoms with van der Waals surface area (Å²) < 4.78 is 10.4. The van der Waals surface area contributed by atoms with Crippen molar-refractivity contribution in [3.63, 3.8) is 0 Å². The number of hydrogen-bond donors (Lipinski definition) is 9. The van der Waals surface area contributed by atoms with E-state index in [0.29, 0.717) is 18.5 Å². The molecule has 1 saturated heterocycles. The third-order valence-electron chi connectivity index (χ3n) is 4.50. The van der Waals surface area contributed by atoms with Crippen LogP contribution in [0.15, 0.2) is 5.16 Å². The highest BCUT2D eigenvalue weighted by atomic mass is 32.2. The first kappa shape index (κ1) is 28.9. The minimum absolute atomic E-state index is 0.435. The number of carbonyl (C=O) groups excluding carboxylic acids is 1. The number of nitrogens with zero attached hydrogens (tertiary/aromatic N) is 1. The third kappa shape index (κ3) is 8.68. The molecule has 0 aliphatic carbocycles. The van der Waals surface area contributed by atoms with Crippen molar-refractivity contribution in [2.24, 2.45) is 5.16 Å². The van der Waals surface area contributed by atoms with Gasteiger partial charge in [-0.2, -0.15) is 11.8 Å². The van der Waals surface area contributed by atoms with Gasteiger partial charge < -0.3 is 60.5 Å². The van der Waals surface area contributed by atoms with Crippen LogP contribution in [0.3, 0.4) is 0 Å². The van der Waals surface area contributed by atoms with Crippen LogP contribution in [0.4, 0.5) is 0 Å². The predicted molar refractivity (Wildman–Crippen MR) is 110 cm³/mol. The summed E-state index contributed by atoms with van der Waals surface area (Å²) in [4.78, 5) is 16.2. The molecule has 15 heteroatoms. The molecule has 32 heavy (non-hydrogen) atoms. The van der Waals surface area contributed by atoms with Gasteiger partial charge in [0.1, 0.15) is 48.8 Å². The normalized spacial score (nSPS) is 30.0. The maximum absolute atomic E-state index is 11.5. The van der Waals surface area contributed by atoms with E-state index in [2.05, 4.69) is 10.5 Å². The zero-order chi connectivity index (χ0) is 24.3. The molecule has 1 rings (SSSR count). The Hall–Kier alpha value is -1.11. The molecule has 9 atom stereocenters. The monoisotopic (exact) mass is 488 g/mol. The van der Waals surface area contributed by atoms with Crippen molar-refractivity contribution in [3.05, 3.63) is 0 Å². The van der Waals surface area contributed by atoms with E-state index in [4.69, 9.17) is 14.3 Å². The highest BCUT2D eigenvalue weighted by molar-refractivity contribution is 7.98. The van der Waals surface area contributed by atoms with Gasteiger partial charge in [0.15, 0.2) is 12.9 Å². The molecular formula is C17H32N2O12S. The summed E-state index contributed by atoms with van der Waals surface area (Å²) in [5.41, 5.74) is 0. The van der Waals surface area contributed by atoms with Gasteiger partial charge in [0.2, 0.25) is 0 Å². The molecule has 9 N–H and O–H groups in total. The van der Waals surface area contributed by atoms with Crippen LogP contribution in [0, 0.1) is 0 Å². The third-order valence-corrected chi connectivity index (χ3v) is 5.12. The first-order valence-corrected chi connectivity index (χ1v) is 11.1. The molecular weight excluding hydrogens is 456 g/mol. The molecule has 0 aromatic heterocycles. The van der Waals surface area contributed by atoms with Crippen LogP contribution in [0.2, 0.25) is 0 Å². The lowest BCUT2D eigenvalue weighted by atomic mass is 9.98. The van der Waals surface area contributed by atoms with Crippen molar-refractivity contribution >= 4 is 23.9 Å². The largest absolute Gasteiger partial charge is 0.394 e. The molecule has 0 bridgehead atoms. The Kier molecular flexibility index (Phi) is 13.5. The first-order valence-electron chi connectivity index (χ1n) is 9.70. The fourth-order valence-electron chi connectivity index (χ4n) is 2.66. The van der Waals surface area contributed by atoms with Gasteiger partial charge in [0.25, 0.3) is 5.91 Å². The van der Waals surface area contributed by atoms with Crippen LogP contribution in [-0.2, 0) is 19.1 Å². The summed E-state index contributed by atoms with van der Waals surface area (Å²) >= 11 is 1.54. The average molecular weight is 489 g/mol. The quantitative estimate of drug-likeness (QED) is 0.0632. The molecule has 14 nitrogen and oxygen atoms in total. The molecule has 4 unspecified atom stereocenters. The molecule has 1 aliphatic heterocycles. The number of oxime groups is 1. The van der Waals surface area contributed by atoms with Crippen molar-refractivity contribution < 1.29 is 60.0 Å². The number of thioether (sulfide) groups is 1. The highest BCUT2D eigenvalue weighted by Crippen LogP contribution is 2.24. The second-order valence-electron chi connectivity index (χ2n) is 6.90. The second-order valence-corrected chi connectivity index (χ2v) is 7.89. The lowest BCUT2D eigenvalue weighted by Crippen LogP contribution is -2.61. The van der Waals surface area contributed by atoms with Gasteiger partial charge in [-0.3, -0.25) is 4.79 Å². The topological polar surface area (TPSA) is 231 Å². The Morgan fingerprint density at radius 1 is 1.19 bits per heavy atom. The van der Waals surface area contributed by atoms with Gasteiger partial charge in [-0.05, 0) is 6.26 Å². The molecule has 0 radical (unpaired) electrons. The minimum Gasteiger partial charge on any atom is -0.394 e. The van der Waals surface area contributed by atoms with Gasteiger partial charge >= 0.3 is 0 Å². The van der Waals surface area contributed by atoms with E-state index in [1.165, 1.54) is 0 Å². The van der Waals surface area contributed by atoms with Gasteiger partial charge in [-0.15, -0.1) is 0 Å². The Morgan fingerprint density at radius 3 is 2.47 bits per heavy atom. The number of aliphatic hydroxyl groups is 8. The van der Waals surface area contributed by atoms with Crippen molar-refractivity contribution in [1.29, 1.82) is 0 Å². The molecule has 188 valence electrons. The zero-order valence-corrected chi connectivity index (χ0v) is 18.2. The summed E-state index contributed by atoms with van der Waals surface area (Å²) in [7, 11) is 0. The SMILES string of the molecule is CSCCNC(=O)CON=CC(O)[C@@H](O)[C@H](O[C@H]1OC(CO)[C@@H](O)[C@H](O)C1O)C(O)CO. The molecule has 0 saturated carbocycles. The summed E-state index contributed by atoms with van der Waals surface area (Å²) in [5.74, 6) is 0.258. The number of rotatable bonds is 14. The fourth-order valence-corrected chi connectivity index (χ4v) is 2.97. The lowest BCUT2D eigenvalue weighted by molar-refractivity contribution is -0.326. The maximum Gasteiger partial charge on any atom is 0.260 e. The minimum atomic E-state index is -1.94. The van der Waals surface area contributed by atoms with Crippen LogP contribution in [-0.4, -0.2) is 146 Å². The van der Waals surface area contributed by atoms with E-state index in [0.717, 1.165) is 0 Å². The van der Waals surface area contributed by atoms with Crippen molar-refractivity contribution in [1.82, 2.24) is 5.32 Å². The summed E-state index contributed by atoms with van der Waals surface area (Å²) in [6.07, 6.45) is -13.0. The van der Waals surface area contributed by atoms with Gasteiger partial charge in [-0.25, -0.2) is 0 Å². The number of ether oxygens (including phenoxy) is 2. The Bertz CT molecular complexity index is 572. The summed E-state index contributed by atoms with van der Waals surface area (Å²) in [6, 6.07) is 0.